The van der Waals surface area contributed by atoms with Crippen molar-refractivity contribution in [1.82, 2.24) is 0 Å². The third-order valence-electron chi connectivity index (χ3n) is 4.13. The molecule has 2 aromatic rings. The second kappa shape index (κ2) is 5.33. The molecule has 0 aliphatic carbocycles. The lowest BCUT2D eigenvalue weighted by Crippen LogP contribution is -2.51. The molecule has 1 aliphatic rings. The number of hydrogen-bond donors (Lipinski definition) is 2. The van der Waals surface area contributed by atoms with E-state index >= 15 is 0 Å². The van der Waals surface area contributed by atoms with Gasteiger partial charge in [-0.05, 0) is 44.2 Å². The number of fused-ring (bicyclic) bond motifs is 1. The first-order valence-electron chi connectivity index (χ1n) is 7.30. The van der Waals surface area contributed by atoms with Crippen LogP contribution in [0, 0.1) is 0 Å². The van der Waals surface area contributed by atoms with E-state index in [0.29, 0.717) is 11.3 Å². The van der Waals surface area contributed by atoms with Gasteiger partial charge in [-0.1, -0.05) is 18.2 Å². The summed E-state index contributed by atoms with van der Waals surface area (Å²) in [6.45, 7) is 3.49. The number of aliphatic hydroxyl groups is 1. The lowest BCUT2D eigenvalue weighted by molar-refractivity contribution is -0.0572. The summed E-state index contributed by atoms with van der Waals surface area (Å²) in [5, 5.41) is 10.3. The van der Waals surface area contributed by atoms with Crippen molar-refractivity contribution in [3.05, 3.63) is 54.1 Å². The van der Waals surface area contributed by atoms with E-state index in [1.165, 1.54) is 12.1 Å². The van der Waals surface area contributed by atoms with Crippen molar-refractivity contribution in [3.63, 3.8) is 0 Å². The first-order valence-corrected chi connectivity index (χ1v) is 8.78. The van der Waals surface area contributed by atoms with Crippen molar-refractivity contribution in [2.45, 2.75) is 41.4 Å². The van der Waals surface area contributed by atoms with E-state index in [1.807, 2.05) is 0 Å². The van der Waals surface area contributed by atoms with Gasteiger partial charge in [-0.25, -0.2) is 8.42 Å². The zero-order valence-corrected chi connectivity index (χ0v) is 13.7. The summed E-state index contributed by atoms with van der Waals surface area (Å²) in [7, 11) is -3.63. The fraction of sp³-hybridized carbons (Fsp3) is 0.294. The number of rotatable bonds is 2. The van der Waals surface area contributed by atoms with E-state index < -0.39 is 27.6 Å². The highest BCUT2D eigenvalue weighted by Gasteiger charge is 2.41. The van der Waals surface area contributed by atoms with Crippen LogP contribution < -0.4 is 10.5 Å². The second-order valence-corrected chi connectivity index (χ2v) is 8.14. The van der Waals surface area contributed by atoms with Gasteiger partial charge in [0.25, 0.3) is 0 Å². The van der Waals surface area contributed by atoms with Gasteiger partial charge in [0.15, 0.2) is 0 Å². The molecule has 1 aliphatic heterocycles. The van der Waals surface area contributed by atoms with Gasteiger partial charge in [0.1, 0.15) is 17.5 Å². The fourth-order valence-electron chi connectivity index (χ4n) is 2.73. The highest BCUT2D eigenvalue weighted by molar-refractivity contribution is 7.91. The Kier molecular flexibility index (Phi) is 3.71. The maximum Gasteiger partial charge on any atom is 0.206 e. The summed E-state index contributed by atoms with van der Waals surface area (Å²) < 4.78 is 31.1. The molecule has 0 saturated heterocycles. The molecule has 0 radical (unpaired) electrons. The van der Waals surface area contributed by atoms with Crippen LogP contribution in [0.5, 0.6) is 5.75 Å². The Hall–Kier alpha value is -1.89. The number of sulfone groups is 1. The molecule has 1 heterocycles. The van der Waals surface area contributed by atoms with Gasteiger partial charge in [0.05, 0.1) is 15.8 Å². The largest absolute Gasteiger partial charge is 0.485 e. The molecule has 0 amide bonds. The molecule has 0 saturated carbocycles. The number of benzene rings is 2. The first-order chi connectivity index (χ1) is 10.7. The lowest BCUT2D eigenvalue weighted by Gasteiger charge is -2.40. The maximum atomic E-state index is 12.7. The van der Waals surface area contributed by atoms with Gasteiger partial charge in [-0.15, -0.1) is 0 Å². The smallest absolute Gasteiger partial charge is 0.206 e. The fourth-order valence-corrected chi connectivity index (χ4v) is 4.05. The second-order valence-electron chi connectivity index (χ2n) is 6.19. The Morgan fingerprint density at radius 1 is 1.09 bits per heavy atom. The van der Waals surface area contributed by atoms with E-state index in [0.717, 1.165) is 0 Å². The predicted octanol–water partition coefficient (Wildman–Crippen LogP) is 2.05. The third kappa shape index (κ3) is 2.63. The lowest BCUT2D eigenvalue weighted by atomic mass is 9.87. The molecular weight excluding hydrogens is 314 g/mol. The molecule has 0 bridgehead atoms. The van der Waals surface area contributed by atoms with Crippen LogP contribution in [-0.4, -0.2) is 25.2 Å². The van der Waals surface area contributed by atoms with Crippen LogP contribution in [0.25, 0.3) is 0 Å². The topological polar surface area (TPSA) is 89.6 Å². The Morgan fingerprint density at radius 3 is 2.39 bits per heavy atom. The van der Waals surface area contributed by atoms with Crippen LogP contribution in [0.1, 0.15) is 25.5 Å². The average molecular weight is 333 g/mol. The minimum absolute atomic E-state index is 0.133. The summed E-state index contributed by atoms with van der Waals surface area (Å²) >= 11 is 0. The van der Waals surface area contributed by atoms with Crippen molar-refractivity contribution in [2.75, 3.05) is 0 Å². The molecule has 2 aromatic carbocycles. The summed E-state index contributed by atoms with van der Waals surface area (Å²) in [5.41, 5.74) is 5.76. The Morgan fingerprint density at radius 2 is 1.74 bits per heavy atom. The van der Waals surface area contributed by atoms with Crippen molar-refractivity contribution in [3.8, 4) is 5.75 Å². The zero-order chi connectivity index (χ0) is 16.8. The molecular formula is C17H19NO4S. The highest BCUT2D eigenvalue weighted by Crippen LogP contribution is 2.40. The first kappa shape index (κ1) is 16.0. The third-order valence-corrected chi connectivity index (χ3v) is 5.90. The molecule has 6 heteroatoms. The molecule has 0 unspecified atom stereocenters. The maximum absolute atomic E-state index is 12.7. The number of aliphatic hydroxyl groups excluding tert-OH is 1. The number of ether oxygens (including phenoxy) is 1. The molecule has 122 valence electrons. The van der Waals surface area contributed by atoms with Crippen molar-refractivity contribution in [1.29, 1.82) is 0 Å². The number of hydrogen-bond acceptors (Lipinski definition) is 5. The van der Waals surface area contributed by atoms with Crippen LogP contribution in [-0.2, 0) is 9.84 Å². The predicted molar refractivity (Wildman–Crippen MR) is 86.0 cm³/mol. The van der Waals surface area contributed by atoms with Crippen LogP contribution in [0.3, 0.4) is 0 Å². The average Bonchev–Trinajstić information content (AvgIpc) is 2.53. The van der Waals surface area contributed by atoms with Gasteiger partial charge >= 0.3 is 0 Å². The van der Waals surface area contributed by atoms with Crippen molar-refractivity contribution < 1.29 is 18.3 Å². The zero-order valence-electron chi connectivity index (χ0n) is 12.9. The molecule has 2 atom stereocenters. The van der Waals surface area contributed by atoms with Crippen molar-refractivity contribution in [2.24, 2.45) is 5.73 Å². The van der Waals surface area contributed by atoms with Crippen molar-refractivity contribution >= 4 is 9.84 Å². The summed E-state index contributed by atoms with van der Waals surface area (Å²) in [5.74, 6) is 0.500. The SMILES string of the molecule is CC1(C)Oc2ccc(S(=O)(=O)c3ccccc3)cc2[C@@H](N)[C@@H]1O. The van der Waals surface area contributed by atoms with E-state index in [2.05, 4.69) is 0 Å². The Balaban J connectivity index is 2.09. The molecule has 5 nitrogen and oxygen atoms in total. The van der Waals surface area contributed by atoms with Crippen LogP contribution in [0.2, 0.25) is 0 Å². The molecule has 0 aromatic heterocycles. The van der Waals surface area contributed by atoms with Gasteiger partial charge in [-0.2, -0.15) is 0 Å². The van der Waals surface area contributed by atoms with Gasteiger partial charge in [0, 0.05) is 5.56 Å². The van der Waals surface area contributed by atoms with Crippen LogP contribution >= 0.6 is 0 Å². The van der Waals surface area contributed by atoms with E-state index in [-0.39, 0.29) is 9.79 Å². The van der Waals surface area contributed by atoms with E-state index in [4.69, 9.17) is 10.5 Å². The summed E-state index contributed by atoms with van der Waals surface area (Å²) in [4.78, 5) is 0.347. The van der Waals surface area contributed by atoms with Gasteiger partial charge < -0.3 is 15.6 Å². The summed E-state index contributed by atoms with van der Waals surface area (Å²) in [6, 6.07) is 12.1. The summed E-state index contributed by atoms with van der Waals surface area (Å²) in [6.07, 6.45) is -0.926. The van der Waals surface area contributed by atoms with Crippen LogP contribution in [0.15, 0.2) is 58.3 Å². The quantitative estimate of drug-likeness (QED) is 0.878. The highest BCUT2D eigenvalue weighted by atomic mass is 32.2. The minimum atomic E-state index is -3.63. The minimum Gasteiger partial charge on any atom is -0.485 e. The molecule has 23 heavy (non-hydrogen) atoms. The van der Waals surface area contributed by atoms with Gasteiger partial charge in [-0.3, -0.25) is 0 Å². The van der Waals surface area contributed by atoms with E-state index in [1.54, 1.807) is 50.2 Å². The molecule has 0 fully saturated rings. The monoisotopic (exact) mass is 333 g/mol. The Labute approximate surface area is 135 Å². The number of nitrogens with two attached hydrogens (primary N) is 1. The van der Waals surface area contributed by atoms with Gasteiger partial charge in [0.2, 0.25) is 9.84 Å². The normalized spacial score (nSPS) is 23.0. The van der Waals surface area contributed by atoms with Crippen LogP contribution in [0.4, 0.5) is 0 Å². The Bertz CT molecular complexity index is 831. The molecule has 3 rings (SSSR count). The van der Waals surface area contributed by atoms with E-state index in [9.17, 15) is 13.5 Å². The standard InChI is InChI=1S/C17H19NO4S/c1-17(2)16(19)15(18)13-10-12(8-9-14(13)22-17)23(20,21)11-6-4-3-5-7-11/h3-10,15-16,19H,18H2,1-2H3/t15-,16+/m1/s1. The molecule has 0 spiro atoms. The molecule has 3 N–H and O–H groups in total.